The van der Waals surface area contributed by atoms with Crippen molar-refractivity contribution >= 4 is 15.9 Å². The molecule has 0 spiro atoms. The van der Waals surface area contributed by atoms with Gasteiger partial charge in [0.1, 0.15) is 0 Å². The molecular formula is C13H20BrN. The first-order valence-corrected chi connectivity index (χ1v) is 6.37. The van der Waals surface area contributed by atoms with Gasteiger partial charge in [0.25, 0.3) is 0 Å². The zero-order valence-corrected chi connectivity index (χ0v) is 11.1. The van der Waals surface area contributed by atoms with Gasteiger partial charge in [0.15, 0.2) is 0 Å². The average Bonchev–Trinajstić information content (AvgIpc) is 2.14. The molecule has 0 aromatic heterocycles. The van der Waals surface area contributed by atoms with Gasteiger partial charge in [-0.2, -0.15) is 0 Å². The molecule has 0 aliphatic heterocycles. The van der Waals surface area contributed by atoms with Gasteiger partial charge in [0.2, 0.25) is 0 Å². The molecule has 1 aromatic rings. The van der Waals surface area contributed by atoms with E-state index in [2.05, 4.69) is 54.0 Å². The first-order valence-electron chi connectivity index (χ1n) is 5.58. The maximum absolute atomic E-state index is 6.05. The Bertz CT molecular complexity index is 296. The van der Waals surface area contributed by atoms with Crippen molar-refractivity contribution < 1.29 is 0 Å². The third-order valence-corrected chi connectivity index (χ3v) is 2.96. The van der Waals surface area contributed by atoms with Gasteiger partial charge in [-0.05, 0) is 42.9 Å². The van der Waals surface area contributed by atoms with E-state index in [1.165, 1.54) is 5.56 Å². The van der Waals surface area contributed by atoms with Gasteiger partial charge < -0.3 is 5.73 Å². The predicted octanol–water partition coefficient (Wildman–Crippen LogP) is 3.76. The zero-order chi connectivity index (χ0) is 11.3. The Kier molecular flexibility index (Phi) is 5.34. The fourth-order valence-corrected chi connectivity index (χ4v) is 2.21. The van der Waals surface area contributed by atoms with E-state index >= 15 is 0 Å². The van der Waals surface area contributed by atoms with Crippen molar-refractivity contribution in [2.24, 2.45) is 11.7 Å². The van der Waals surface area contributed by atoms with Crippen molar-refractivity contribution in [3.05, 3.63) is 34.3 Å². The van der Waals surface area contributed by atoms with Crippen molar-refractivity contribution in [2.75, 3.05) is 0 Å². The van der Waals surface area contributed by atoms with E-state index in [4.69, 9.17) is 5.73 Å². The second-order valence-electron chi connectivity index (χ2n) is 4.56. The summed E-state index contributed by atoms with van der Waals surface area (Å²) < 4.78 is 1.15. The topological polar surface area (TPSA) is 26.0 Å². The summed E-state index contributed by atoms with van der Waals surface area (Å²) in [6, 6.07) is 8.80. The molecule has 0 aliphatic rings. The fraction of sp³-hybridized carbons (Fsp3) is 0.538. The Balaban J connectivity index is 2.36. The summed E-state index contributed by atoms with van der Waals surface area (Å²) in [5.74, 6) is 0.697. The van der Waals surface area contributed by atoms with Crippen LogP contribution in [0, 0.1) is 5.92 Å². The van der Waals surface area contributed by atoms with Crippen molar-refractivity contribution in [3.63, 3.8) is 0 Å². The molecule has 2 heteroatoms. The Morgan fingerprint density at radius 2 is 2.07 bits per heavy atom. The molecule has 0 aliphatic carbocycles. The third kappa shape index (κ3) is 5.33. The summed E-state index contributed by atoms with van der Waals surface area (Å²) in [6.45, 7) is 4.44. The molecular weight excluding hydrogens is 250 g/mol. The molecule has 1 rings (SSSR count). The van der Waals surface area contributed by atoms with Gasteiger partial charge in [-0.3, -0.25) is 0 Å². The van der Waals surface area contributed by atoms with Gasteiger partial charge in [0, 0.05) is 10.5 Å². The van der Waals surface area contributed by atoms with Gasteiger partial charge in [-0.1, -0.05) is 41.9 Å². The van der Waals surface area contributed by atoms with E-state index < -0.39 is 0 Å². The van der Waals surface area contributed by atoms with E-state index in [0.29, 0.717) is 12.0 Å². The quantitative estimate of drug-likeness (QED) is 0.866. The molecule has 0 fully saturated rings. The zero-order valence-electron chi connectivity index (χ0n) is 9.54. The third-order valence-electron chi connectivity index (χ3n) is 2.47. The molecule has 1 aromatic carbocycles. The first-order chi connectivity index (χ1) is 7.08. The van der Waals surface area contributed by atoms with Gasteiger partial charge in [-0.15, -0.1) is 0 Å². The van der Waals surface area contributed by atoms with Gasteiger partial charge in [0.05, 0.1) is 0 Å². The largest absolute Gasteiger partial charge is 0.328 e. The molecule has 2 N–H and O–H groups in total. The molecule has 1 unspecified atom stereocenters. The van der Waals surface area contributed by atoms with E-state index in [0.717, 1.165) is 23.7 Å². The lowest BCUT2D eigenvalue weighted by atomic mass is 9.98. The van der Waals surface area contributed by atoms with Gasteiger partial charge in [-0.25, -0.2) is 0 Å². The molecule has 0 amide bonds. The number of hydrogen-bond acceptors (Lipinski definition) is 1. The highest BCUT2D eigenvalue weighted by Gasteiger charge is 2.05. The van der Waals surface area contributed by atoms with Crippen molar-refractivity contribution in [1.82, 2.24) is 0 Å². The Morgan fingerprint density at radius 1 is 1.33 bits per heavy atom. The highest BCUT2D eigenvalue weighted by Crippen LogP contribution is 2.14. The van der Waals surface area contributed by atoms with E-state index in [9.17, 15) is 0 Å². The minimum atomic E-state index is 0.337. The lowest BCUT2D eigenvalue weighted by Gasteiger charge is -2.13. The summed E-state index contributed by atoms with van der Waals surface area (Å²) >= 11 is 3.48. The number of rotatable bonds is 5. The summed E-state index contributed by atoms with van der Waals surface area (Å²) in [7, 11) is 0. The molecule has 0 heterocycles. The summed E-state index contributed by atoms with van der Waals surface area (Å²) in [5, 5.41) is 0. The van der Waals surface area contributed by atoms with Crippen molar-refractivity contribution in [2.45, 2.75) is 39.2 Å². The molecule has 0 radical (unpaired) electrons. The molecule has 84 valence electrons. The number of halogens is 1. The Morgan fingerprint density at radius 3 is 2.67 bits per heavy atom. The molecule has 1 nitrogen and oxygen atoms in total. The Labute approximate surface area is 101 Å². The summed E-state index contributed by atoms with van der Waals surface area (Å²) in [5.41, 5.74) is 7.41. The van der Waals surface area contributed by atoms with Crippen LogP contribution >= 0.6 is 15.9 Å². The summed E-state index contributed by atoms with van der Waals surface area (Å²) in [4.78, 5) is 0. The number of hydrogen-bond donors (Lipinski definition) is 1. The SMILES string of the molecule is CC(C)CC(N)CCc1cccc(Br)c1. The van der Waals surface area contributed by atoms with Crippen LogP contribution in [-0.2, 0) is 6.42 Å². The van der Waals surface area contributed by atoms with Crippen molar-refractivity contribution in [1.29, 1.82) is 0 Å². The van der Waals surface area contributed by atoms with Crippen LogP contribution < -0.4 is 5.73 Å². The van der Waals surface area contributed by atoms with Crippen LogP contribution in [-0.4, -0.2) is 6.04 Å². The van der Waals surface area contributed by atoms with Crippen LogP contribution in [0.25, 0.3) is 0 Å². The van der Waals surface area contributed by atoms with Crippen LogP contribution in [0.5, 0.6) is 0 Å². The monoisotopic (exact) mass is 269 g/mol. The van der Waals surface area contributed by atoms with Crippen LogP contribution in [0.3, 0.4) is 0 Å². The summed E-state index contributed by atoms with van der Waals surface area (Å²) in [6.07, 6.45) is 3.27. The minimum Gasteiger partial charge on any atom is -0.328 e. The second kappa shape index (κ2) is 6.29. The van der Waals surface area contributed by atoms with Crippen molar-refractivity contribution in [3.8, 4) is 0 Å². The number of benzene rings is 1. The standard InChI is InChI=1S/C13H20BrN/c1-10(2)8-13(15)7-6-11-4-3-5-12(14)9-11/h3-5,9-10,13H,6-8,15H2,1-2H3. The van der Waals surface area contributed by atoms with Gasteiger partial charge >= 0.3 is 0 Å². The molecule has 0 saturated carbocycles. The minimum absolute atomic E-state index is 0.337. The van der Waals surface area contributed by atoms with Crippen LogP contribution in [0.4, 0.5) is 0 Å². The van der Waals surface area contributed by atoms with E-state index in [1.54, 1.807) is 0 Å². The highest BCUT2D eigenvalue weighted by atomic mass is 79.9. The van der Waals surface area contributed by atoms with Crippen LogP contribution in [0.15, 0.2) is 28.7 Å². The van der Waals surface area contributed by atoms with E-state index in [-0.39, 0.29) is 0 Å². The molecule has 0 bridgehead atoms. The fourth-order valence-electron chi connectivity index (χ4n) is 1.77. The maximum atomic E-state index is 6.05. The normalized spacial score (nSPS) is 13.1. The van der Waals surface area contributed by atoms with E-state index in [1.807, 2.05) is 0 Å². The maximum Gasteiger partial charge on any atom is 0.0177 e. The average molecular weight is 270 g/mol. The Hall–Kier alpha value is -0.340. The number of nitrogens with two attached hydrogens (primary N) is 1. The first kappa shape index (κ1) is 12.7. The smallest absolute Gasteiger partial charge is 0.0177 e. The lowest BCUT2D eigenvalue weighted by Crippen LogP contribution is -2.22. The lowest BCUT2D eigenvalue weighted by molar-refractivity contribution is 0.473. The molecule has 0 saturated heterocycles. The van der Waals surface area contributed by atoms with Crippen LogP contribution in [0.1, 0.15) is 32.3 Å². The van der Waals surface area contributed by atoms with Crippen LogP contribution in [0.2, 0.25) is 0 Å². The highest BCUT2D eigenvalue weighted by molar-refractivity contribution is 9.10. The predicted molar refractivity (Wildman–Crippen MR) is 69.9 cm³/mol. The molecule has 15 heavy (non-hydrogen) atoms. The number of aryl methyl sites for hydroxylation is 1. The molecule has 1 atom stereocenters. The second-order valence-corrected chi connectivity index (χ2v) is 5.47.